The topological polar surface area (TPSA) is 45.8 Å². The van der Waals surface area contributed by atoms with E-state index in [-0.39, 0.29) is 12.1 Å². The Balaban J connectivity index is 1.57. The van der Waals surface area contributed by atoms with Gasteiger partial charge < -0.3 is 14.4 Å². The van der Waals surface area contributed by atoms with E-state index in [1.54, 1.807) is 14.2 Å². The van der Waals surface area contributed by atoms with E-state index >= 15 is 0 Å². The lowest BCUT2D eigenvalue weighted by atomic mass is 9.81. The minimum absolute atomic E-state index is 0.198. The summed E-state index contributed by atoms with van der Waals surface area (Å²) >= 11 is 0. The minimum Gasteiger partial charge on any atom is -0.493 e. The number of rotatable bonds is 5. The number of ether oxygens (including phenoxy) is 2. The Morgan fingerprint density at radius 2 is 1.56 bits per heavy atom. The van der Waals surface area contributed by atoms with Gasteiger partial charge in [0.2, 0.25) is 0 Å². The van der Waals surface area contributed by atoms with Crippen LogP contribution in [0.5, 0.6) is 11.5 Å². The van der Waals surface area contributed by atoms with Crippen LogP contribution in [0.3, 0.4) is 0 Å². The first-order valence-corrected chi connectivity index (χ1v) is 11.2. The molecule has 5 rings (SSSR count). The van der Waals surface area contributed by atoms with E-state index < -0.39 is 0 Å². The molecule has 2 N–H and O–H groups in total. The summed E-state index contributed by atoms with van der Waals surface area (Å²) in [5.74, 6) is 1.91. The van der Waals surface area contributed by atoms with E-state index in [1.165, 1.54) is 33.5 Å². The van der Waals surface area contributed by atoms with Crippen LogP contribution in [0.1, 0.15) is 39.9 Å². The summed E-state index contributed by atoms with van der Waals surface area (Å²) < 4.78 is 11.3. The minimum atomic E-state index is 0.198. The third-order valence-electron chi connectivity index (χ3n) is 7.00. The van der Waals surface area contributed by atoms with Crippen LogP contribution >= 0.6 is 0 Å². The molecule has 0 spiro atoms. The van der Waals surface area contributed by atoms with E-state index in [1.807, 2.05) is 0 Å². The van der Waals surface area contributed by atoms with Crippen LogP contribution in [0.25, 0.3) is 0 Å². The van der Waals surface area contributed by atoms with Crippen LogP contribution in [0.15, 0.2) is 60.7 Å². The second kappa shape index (κ2) is 8.49. The summed E-state index contributed by atoms with van der Waals surface area (Å²) in [6.07, 6.45) is 0. The zero-order valence-corrected chi connectivity index (χ0v) is 19.2. The molecule has 2 aliphatic heterocycles. The van der Waals surface area contributed by atoms with Crippen molar-refractivity contribution >= 4 is 5.69 Å². The van der Waals surface area contributed by atoms with Gasteiger partial charge in [-0.05, 0) is 47.7 Å². The quantitative estimate of drug-likeness (QED) is 0.607. The summed E-state index contributed by atoms with van der Waals surface area (Å²) in [7, 11) is 3.40. The van der Waals surface area contributed by atoms with Gasteiger partial charge in [0.25, 0.3) is 0 Å². The molecule has 2 heterocycles. The Labute approximate surface area is 190 Å². The summed E-state index contributed by atoms with van der Waals surface area (Å²) in [5.41, 5.74) is 14.9. The lowest BCUT2D eigenvalue weighted by Crippen LogP contribution is -2.39. The molecule has 0 bridgehead atoms. The third kappa shape index (κ3) is 3.61. The van der Waals surface area contributed by atoms with Crippen LogP contribution in [0.4, 0.5) is 5.69 Å². The van der Waals surface area contributed by atoms with Gasteiger partial charge in [-0.25, -0.2) is 10.9 Å². The van der Waals surface area contributed by atoms with Crippen molar-refractivity contribution in [3.05, 3.63) is 88.5 Å². The molecule has 1 fully saturated rings. The molecule has 0 amide bonds. The molecule has 1 saturated heterocycles. The molecule has 3 unspecified atom stereocenters. The Kier molecular flexibility index (Phi) is 5.53. The predicted molar refractivity (Wildman–Crippen MR) is 128 cm³/mol. The molecule has 3 atom stereocenters. The first-order valence-electron chi connectivity index (χ1n) is 11.2. The lowest BCUT2D eigenvalue weighted by molar-refractivity contribution is 0.350. The van der Waals surface area contributed by atoms with Crippen molar-refractivity contribution in [1.82, 2.24) is 10.9 Å². The van der Waals surface area contributed by atoms with Crippen molar-refractivity contribution in [3.8, 4) is 11.5 Å². The lowest BCUT2D eigenvalue weighted by Gasteiger charge is -2.39. The first-order chi connectivity index (χ1) is 15.6. The van der Waals surface area contributed by atoms with E-state index in [2.05, 4.69) is 90.3 Å². The molecule has 0 saturated carbocycles. The van der Waals surface area contributed by atoms with Gasteiger partial charge in [0.1, 0.15) is 0 Å². The fourth-order valence-electron chi connectivity index (χ4n) is 5.11. The number of anilines is 1. The maximum absolute atomic E-state index is 5.65. The van der Waals surface area contributed by atoms with Crippen molar-refractivity contribution in [3.63, 3.8) is 0 Å². The summed E-state index contributed by atoms with van der Waals surface area (Å²) in [4.78, 5) is 2.48. The molecule has 3 aromatic carbocycles. The summed E-state index contributed by atoms with van der Waals surface area (Å²) in [6.45, 7) is 6.15. The van der Waals surface area contributed by atoms with Crippen LogP contribution in [0.2, 0.25) is 0 Å². The molecular formula is C27H31N3O2. The Morgan fingerprint density at radius 3 is 2.28 bits per heavy atom. The molecule has 5 nitrogen and oxygen atoms in total. The zero-order chi connectivity index (χ0) is 22.2. The molecule has 2 aliphatic rings. The van der Waals surface area contributed by atoms with Gasteiger partial charge in [0, 0.05) is 30.8 Å². The Morgan fingerprint density at radius 1 is 0.844 bits per heavy atom. The van der Waals surface area contributed by atoms with Crippen molar-refractivity contribution in [1.29, 1.82) is 0 Å². The standard InChI is InChI=1S/C27H31N3O2/c1-17-10-11-20(12-18(17)2)26-22-16-30(15-19-8-6-5-7-9-19)23-14-25(32-4)24(31-3)13-21(23)27(22)29-28-26/h5-14,22,26-29H,15-16H2,1-4H3. The van der Waals surface area contributed by atoms with E-state index in [9.17, 15) is 0 Å². The Bertz CT molecular complexity index is 1120. The number of aryl methyl sites for hydroxylation is 2. The molecule has 5 heteroatoms. The van der Waals surface area contributed by atoms with Gasteiger partial charge in [-0.3, -0.25) is 0 Å². The van der Waals surface area contributed by atoms with Gasteiger partial charge in [-0.2, -0.15) is 0 Å². The number of hydrogen-bond acceptors (Lipinski definition) is 5. The third-order valence-corrected chi connectivity index (χ3v) is 7.00. The highest BCUT2D eigenvalue weighted by Gasteiger charge is 2.43. The maximum Gasteiger partial charge on any atom is 0.162 e. The average Bonchev–Trinajstić information content (AvgIpc) is 3.24. The Hall–Kier alpha value is -3.02. The van der Waals surface area contributed by atoms with Crippen molar-refractivity contribution in [2.24, 2.45) is 5.92 Å². The largest absolute Gasteiger partial charge is 0.493 e. The predicted octanol–water partition coefficient (Wildman–Crippen LogP) is 4.85. The molecule has 0 radical (unpaired) electrons. The number of methoxy groups -OCH3 is 2. The van der Waals surface area contributed by atoms with Crippen molar-refractivity contribution in [2.45, 2.75) is 32.5 Å². The van der Waals surface area contributed by atoms with Crippen molar-refractivity contribution < 1.29 is 9.47 Å². The number of benzene rings is 3. The van der Waals surface area contributed by atoms with Crippen LogP contribution in [0, 0.1) is 19.8 Å². The summed E-state index contributed by atoms with van der Waals surface area (Å²) in [5, 5.41) is 0. The van der Waals surface area contributed by atoms with Crippen molar-refractivity contribution in [2.75, 3.05) is 25.7 Å². The van der Waals surface area contributed by atoms with Gasteiger partial charge >= 0.3 is 0 Å². The molecule has 32 heavy (non-hydrogen) atoms. The number of nitrogens with zero attached hydrogens (tertiary/aromatic N) is 1. The maximum atomic E-state index is 5.65. The molecule has 0 aromatic heterocycles. The molecule has 0 aliphatic carbocycles. The molecule has 166 valence electrons. The van der Waals surface area contributed by atoms with Gasteiger partial charge in [0.15, 0.2) is 11.5 Å². The first kappa shape index (κ1) is 20.9. The van der Waals surface area contributed by atoms with Gasteiger partial charge in [0.05, 0.1) is 26.3 Å². The molecular weight excluding hydrogens is 398 g/mol. The normalized spacial score (nSPS) is 21.8. The SMILES string of the molecule is COc1cc2c(cc1OC)N(Cc1ccccc1)CC1C(c3ccc(C)c(C)c3)NNC21. The number of nitrogens with one attached hydrogen (secondary N) is 2. The fraction of sp³-hybridized carbons (Fsp3) is 0.333. The smallest absolute Gasteiger partial charge is 0.162 e. The van der Waals surface area contributed by atoms with E-state index in [4.69, 9.17) is 9.47 Å². The van der Waals surface area contributed by atoms with E-state index in [0.717, 1.165) is 24.6 Å². The fourth-order valence-corrected chi connectivity index (χ4v) is 5.11. The molecule has 3 aromatic rings. The highest BCUT2D eigenvalue weighted by Crippen LogP contribution is 2.49. The monoisotopic (exact) mass is 429 g/mol. The summed E-state index contributed by atoms with van der Waals surface area (Å²) in [6, 6.07) is 22.2. The average molecular weight is 430 g/mol. The van der Waals surface area contributed by atoms with Crippen LogP contribution < -0.4 is 25.2 Å². The zero-order valence-electron chi connectivity index (χ0n) is 19.2. The highest BCUT2D eigenvalue weighted by atomic mass is 16.5. The number of fused-ring (bicyclic) bond motifs is 3. The van der Waals surface area contributed by atoms with Gasteiger partial charge in [-0.1, -0.05) is 48.5 Å². The highest BCUT2D eigenvalue weighted by molar-refractivity contribution is 5.65. The van der Waals surface area contributed by atoms with E-state index in [0.29, 0.717) is 5.92 Å². The number of hydrazine groups is 1. The number of hydrogen-bond donors (Lipinski definition) is 2. The van der Waals surface area contributed by atoms with Crippen LogP contribution in [-0.2, 0) is 6.54 Å². The van der Waals surface area contributed by atoms with Gasteiger partial charge in [-0.15, -0.1) is 0 Å². The second-order valence-corrected chi connectivity index (χ2v) is 8.88. The van der Waals surface area contributed by atoms with Crippen LogP contribution in [-0.4, -0.2) is 20.8 Å². The second-order valence-electron chi connectivity index (χ2n) is 8.88.